The number of aryl methyl sites for hydroxylation is 1. The van der Waals surface area contributed by atoms with Gasteiger partial charge in [0.15, 0.2) is 11.5 Å². The van der Waals surface area contributed by atoms with Gasteiger partial charge in [0.1, 0.15) is 5.82 Å². The molecule has 0 bridgehead atoms. The zero-order valence-corrected chi connectivity index (χ0v) is 10.8. The van der Waals surface area contributed by atoms with Crippen LogP contribution in [0.1, 0.15) is 31.0 Å². The molecule has 0 spiro atoms. The molecule has 1 aromatic carbocycles. The predicted octanol–water partition coefficient (Wildman–Crippen LogP) is 2.12. The van der Waals surface area contributed by atoms with Gasteiger partial charge < -0.3 is 19.1 Å². The van der Waals surface area contributed by atoms with E-state index in [9.17, 15) is 4.79 Å². The first-order valence-corrected chi connectivity index (χ1v) is 6.74. The third kappa shape index (κ3) is 1.79. The Bertz CT molecular complexity index is 703. The van der Waals surface area contributed by atoms with Gasteiger partial charge in [-0.2, -0.15) is 0 Å². The highest BCUT2D eigenvalue weighted by atomic mass is 16.7. The van der Waals surface area contributed by atoms with Gasteiger partial charge in [0.2, 0.25) is 6.79 Å². The van der Waals surface area contributed by atoms with E-state index in [-0.39, 0.29) is 13.2 Å². The maximum absolute atomic E-state index is 10.8. The van der Waals surface area contributed by atoms with Crippen molar-refractivity contribution in [2.24, 2.45) is 0 Å². The Morgan fingerprint density at radius 3 is 2.80 bits per heavy atom. The highest BCUT2D eigenvalue weighted by Crippen LogP contribution is 2.43. The van der Waals surface area contributed by atoms with E-state index in [1.807, 2.05) is 16.7 Å². The lowest BCUT2D eigenvalue weighted by atomic mass is 10.2. The molecule has 0 radical (unpaired) electrons. The summed E-state index contributed by atoms with van der Waals surface area (Å²) in [5.41, 5.74) is 1.78. The lowest BCUT2D eigenvalue weighted by molar-refractivity contribution is -0.137. The molecule has 2 heterocycles. The van der Waals surface area contributed by atoms with Gasteiger partial charge in [0.25, 0.3) is 0 Å². The Kier molecular flexibility index (Phi) is 2.39. The van der Waals surface area contributed by atoms with Gasteiger partial charge in [-0.1, -0.05) is 0 Å². The van der Waals surface area contributed by atoms with E-state index in [0.29, 0.717) is 24.0 Å². The summed E-state index contributed by atoms with van der Waals surface area (Å²) in [5.74, 6) is 2.08. The van der Waals surface area contributed by atoms with E-state index in [2.05, 4.69) is 4.98 Å². The number of ether oxygens (including phenoxy) is 2. The normalized spacial score (nSPS) is 16.8. The summed E-state index contributed by atoms with van der Waals surface area (Å²) in [6, 6.07) is 3.78. The van der Waals surface area contributed by atoms with Gasteiger partial charge in [-0.15, -0.1) is 0 Å². The van der Waals surface area contributed by atoms with Crippen molar-refractivity contribution in [3.63, 3.8) is 0 Å². The molecule has 0 amide bonds. The van der Waals surface area contributed by atoms with Gasteiger partial charge >= 0.3 is 5.97 Å². The van der Waals surface area contributed by atoms with Gasteiger partial charge in [-0.3, -0.25) is 4.79 Å². The fourth-order valence-electron chi connectivity index (χ4n) is 2.63. The van der Waals surface area contributed by atoms with Crippen LogP contribution in [0.2, 0.25) is 0 Å². The summed E-state index contributed by atoms with van der Waals surface area (Å²) in [6.07, 6.45) is 2.35. The third-order valence-corrected chi connectivity index (χ3v) is 3.76. The van der Waals surface area contributed by atoms with Gasteiger partial charge in [0, 0.05) is 24.6 Å². The van der Waals surface area contributed by atoms with Crippen LogP contribution in [0.25, 0.3) is 11.0 Å². The Hall–Kier alpha value is -2.24. The zero-order valence-electron chi connectivity index (χ0n) is 10.8. The molecule has 20 heavy (non-hydrogen) atoms. The number of imidazole rings is 1. The third-order valence-electron chi connectivity index (χ3n) is 3.76. The molecule has 4 rings (SSSR count). The molecule has 0 atom stereocenters. The molecule has 2 aromatic rings. The SMILES string of the molecule is O=C(O)CCn1c(C2CC2)nc2cc3c(cc21)OCO3. The Morgan fingerprint density at radius 1 is 1.35 bits per heavy atom. The Balaban J connectivity index is 1.83. The van der Waals surface area contributed by atoms with E-state index >= 15 is 0 Å². The quantitative estimate of drug-likeness (QED) is 0.924. The summed E-state index contributed by atoms with van der Waals surface area (Å²) < 4.78 is 12.8. The second kappa shape index (κ2) is 4.13. The van der Waals surface area contributed by atoms with Gasteiger partial charge in [0.05, 0.1) is 17.5 Å². The van der Waals surface area contributed by atoms with Gasteiger partial charge in [-0.05, 0) is 12.8 Å². The molecule has 0 unspecified atom stereocenters. The standard InChI is InChI=1S/C14H14N2O4/c17-13(18)3-4-16-10-6-12-11(19-7-20-12)5-9(10)15-14(16)8-1-2-8/h5-6,8H,1-4,7H2,(H,17,18). The minimum atomic E-state index is -0.797. The number of rotatable bonds is 4. The first-order valence-electron chi connectivity index (χ1n) is 6.74. The van der Waals surface area contributed by atoms with Crippen molar-refractivity contribution in [1.82, 2.24) is 9.55 Å². The fourth-order valence-corrected chi connectivity index (χ4v) is 2.63. The number of aromatic nitrogens is 2. The Labute approximate surface area is 114 Å². The van der Waals surface area contributed by atoms with Crippen LogP contribution in [0, 0.1) is 0 Å². The first kappa shape index (κ1) is 11.6. The van der Waals surface area contributed by atoms with E-state index < -0.39 is 5.97 Å². The van der Waals surface area contributed by atoms with Crippen LogP contribution in [-0.4, -0.2) is 27.4 Å². The number of hydrogen-bond donors (Lipinski definition) is 1. The van der Waals surface area contributed by atoms with Crippen molar-refractivity contribution >= 4 is 17.0 Å². The topological polar surface area (TPSA) is 73.6 Å². The number of fused-ring (bicyclic) bond motifs is 2. The van der Waals surface area contributed by atoms with E-state index in [0.717, 1.165) is 29.7 Å². The molecule has 1 aromatic heterocycles. The lowest BCUT2D eigenvalue weighted by Crippen LogP contribution is -2.07. The highest BCUT2D eigenvalue weighted by molar-refractivity contribution is 5.81. The monoisotopic (exact) mass is 274 g/mol. The maximum Gasteiger partial charge on any atom is 0.305 e. The molecule has 6 heteroatoms. The maximum atomic E-state index is 10.8. The number of nitrogens with zero attached hydrogens (tertiary/aromatic N) is 2. The average Bonchev–Trinajstić information content (AvgIpc) is 3.06. The highest BCUT2D eigenvalue weighted by Gasteiger charge is 2.30. The molecule has 1 N–H and O–H groups in total. The number of hydrogen-bond acceptors (Lipinski definition) is 4. The number of carbonyl (C=O) groups is 1. The van der Waals surface area contributed by atoms with Crippen molar-refractivity contribution in [3.05, 3.63) is 18.0 Å². The average molecular weight is 274 g/mol. The van der Waals surface area contributed by atoms with Crippen LogP contribution in [0.4, 0.5) is 0 Å². The van der Waals surface area contributed by atoms with Crippen molar-refractivity contribution in [1.29, 1.82) is 0 Å². The molecule has 1 fully saturated rings. The molecule has 1 aliphatic heterocycles. The van der Waals surface area contributed by atoms with Crippen molar-refractivity contribution in [2.75, 3.05) is 6.79 Å². The second-order valence-corrected chi connectivity index (χ2v) is 5.23. The number of aliphatic carboxylic acids is 1. The van der Waals surface area contributed by atoms with Crippen LogP contribution >= 0.6 is 0 Å². The van der Waals surface area contributed by atoms with Crippen LogP contribution in [0.15, 0.2) is 12.1 Å². The number of carboxylic acid groups (broad SMARTS) is 1. The molecule has 2 aliphatic rings. The summed E-state index contributed by atoms with van der Waals surface area (Å²) in [6.45, 7) is 0.670. The largest absolute Gasteiger partial charge is 0.481 e. The summed E-state index contributed by atoms with van der Waals surface area (Å²) >= 11 is 0. The smallest absolute Gasteiger partial charge is 0.305 e. The molecule has 1 saturated carbocycles. The number of carboxylic acids is 1. The molecule has 1 aliphatic carbocycles. The van der Waals surface area contributed by atoms with E-state index in [1.165, 1.54) is 0 Å². The van der Waals surface area contributed by atoms with Crippen LogP contribution < -0.4 is 9.47 Å². The van der Waals surface area contributed by atoms with Gasteiger partial charge in [-0.25, -0.2) is 4.98 Å². The predicted molar refractivity (Wildman–Crippen MR) is 70.1 cm³/mol. The van der Waals surface area contributed by atoms with E-state index in [4.69, 9.17) is 14.6 Å². The van der Waals surface area contributed by atoms with E-state index in [1.54, 1.807) is 0 Å². The van der Waals surface area contributed by atoms with Crippen molar-refractivity contribution < 1.29 is 19.4 Å². The van der Waals surface area contributed by atoms with Crippen molar-refractivity contribution in [2.45, 2.75) is 31.7 Å². The minimum absolute atomic E-state index is 0.0968. The minimum Gasteiger partial charge on any atom is -0.481 e. The lowest BCUT2D eigenvalue weighted by Gasteiger charge is -2.07. The van der Waals surface area contributed by atoms with Crippen LogP contribution in [-0.2, 0) is 11.3 Å². The zero-order chi connectivity index (χ0) is 13.7. The summed E-state index contributed by atoms with van der Waals surface area (Å²) in [5, 5.41) is 8.91. The summed E-state index contributed by atoms with van der Waals surface area (Å²) in [7, 11) is 0. The first-order chi connectivity index (χ1) is 9.72. The second-order valence-electron chi connectivity index (χ2n) is 5.23. The van der Waals surface area contributed by atoms with Crippen molar-refractivity contribution in [3.8, 4) is 11.5 Å². The number of benzene rings is 1. The van der Waals surface area contributed by atoms with Crippen LogP contribution in [0.5, 0.6) is 11.5 Å². The molecule has 104 valence electrons. The van der Waals surface area contributed by atoms with Crippen LogP contribution in [0.3, 0.4) is 0 Å². The fraction of sp³-hybridized carbons (Fsp3) is 0.429. The Morgan fingerprint density at radius 2 is 2.10 bits per heavy atom. The molecular weight excluding hydrogens is 260 g/mol. The molecule has 0 saturated heterocycles. The molecular formula is C14H14N2O4. The summed E-state index contributed by atoms with van der Waals surface area (Å²) in [4.78, 5) is 15.5. The molecule has 6 nitrogen and oxygen atoms in total.